The van der Waals surface area contributed by atoms with Crippen LogP contribution in [0, 0.1) is 0 Å². The van der Waals surface area contributed by atoms with Gasteiger partial charge >= 0.3 is 6.18 Å². The van der Waals surface area contributed by atoms with E-state index in [-0.39, 0.29) is 5.69 Å². The summed E-state index contributed by atoms with van der Waals surface area (Å²) in [5, 5.41) is 2.37. The third kappa shape index (κ3) is 5.81. The Morgan fingerprint density at radius 1 is 0.909 bits per heavy atom. The lowest BCUT2D eigenvalue weighted by molar-refractivity contribution is -0.136. The molecule has 0 spiro atoms. The topological polar surface area (TPSA) is 41.6 Å². The van der Waals surface area contributed by atoms with Crippen molar-refractivity contribution < 1.29 is 22.7 Å². The first-order valence-electron chi connectivity index (χ1n) is 10.6. The molecule has 4 rings (SSSR count). The first kappa shape index (κ1) is 22.6. The molecule has 1 heterocycles. The highest BCUT2D eigenvalue weighted by Crippen LogP contribution is 2.37. The fraction of sp³-hybridized carbons (Fsp3) is 0.192. The van der Waals surface area contributed by atoms with Crippen molar-refractivity contribution in [1.82, 2.24) is 0 Å². The number of benzene rings is 3. The fourth-order valence-electron chi connectivity index (χ4n) is 3.69. The average Bonchev–Trinajstić information content (AvgIpc) is 2.84. The Balaban J connectivity index is 1.50. The normalized spacial score (nSPS) is 14.5. The molecule has 1 saturated heterocycles. The highest BCUT2D eigenvalue weighted by Gasteiger charge is 2.34. The van der Waals surface area contributed by atoms with Gasteiger partial charge in [0.1, 0.15) is 0 Å². The molecule has 0 atom stereocenters. The minimum absolute atomic E-state index is 0.271. The van der Waals surface area contributed by atoms with Gasteiger partial charge in [0, 0.05) is 24.9 Å². The smallest absolute Gasteiger partial charge is 0.378 e. The number of alkyl halides is 3. The summed E-state index contributed by atoms with van der Waals surface area (Å²) in [6.45, 7) is 1.98. The van der Waals surface area contributed by atoms with Crippen molar-refractivity contribution in [3.63, 3.8) is 0 Å². The lowest BCUT2D eigenvalue weighted by Crippen LogP contribution is -2.36. The van der Waals surface area contributed by atoms with Crippen molar-refractivity contribution in [1.29, 1.82) is 0 Å². The Hall–Kier alpha value is -3.58. The Labute approximate surface area is 190 Å². The number of carbonyl (C=O) groups is 1. The number of amides is 1. The zero-order chi connectivity index (χ0) is 23.3. The van der Waals surface area contributed by atoms with Crippen molar-refractivity contribution >= 4 is 23.4 Å². The molecule has 1 amide bonds. The van der Waals surface area contributed by atoms with Gasteiger partial charge in [0.15, 0.2) is 0 Å². The van der Waals surface area contributed by atoms with Crippen LogP contribution in [0.5, 0.6) is 0 Å². The minimum Gasteiger partial charge on any atom is -0.378 e. The lowest BCUT2D eigenvalue weighted by Gasteiger charge is -2.29. The predicted octanol–water partition coefficient (Wildman–Crippen LogP) is 5.86. The maximum Gasteiger partial charge on any atom is 0.418 e. The van der Waals surface area contributed by atoms with Crippen molar-refractivity contribution in [3.05, 3.63) is 90.0 Å². The van der Waals surface area contributed by atoms with Crippen LogP contribution >= 0.6 is 0 Å². The molecule has 1 N–H and O–H groups in total. The first-order valence-corrected chi connectivity index (χ1v) is 10.6. The van der Waals surface area contributed by atoms with Crippen molar-refractivity contribution in [3.8, 4) is 11.1 Å². The quantitative estimate of drug-likeness (QED) is 0.493. The van der Waals surface area contributed by atoms with Crippen molar-refractivity contribution in [2.24, 2.45) is 0 Å². The minimum atomic E-state index is -4.60. The van der Waals surface area contributed by atoms with Gasteiger partial charge in [-0.2, -0.15) is 13.2 Å². The highest BCUT2D eigenvalue weighted by atomic mass is 19.4. The molecule has 1 fully saturated rings. The van der Waals surface area contributed by atoms with Crippen LogP contribution in [0.1, 0.15) is 11.1 Å². The standard InChI is InChI=1S/C26H23F3N2O2/c27-26(28,29)23-18-22(31-13-15-33-16-14-31)10-11-24(23)30-25(32)12-9-19-5-4-8-21(17-19)20-6-2-1-3-7-20/h1-12,17-18H,13-16H2,(H,30,32)/b12-9+. The van der Waals surface area contributed by atoms with E-state index in [0.29, 0.717) is 32.0 Å². The van der Waals surface area contributed by atoms with Crippen LogP contribution in [0.4, 0.5) is 24.5 Å². The fourth-order valence-corrected chi connectivity index (χ4v) is 3.69. The van der Waals surface area contributed by atoms with Gasteiger partial charge in [-0.3, -0.25) is 4.79 Å². The molecule has 33 heavy (non-hydrogen) atoms. The van der Waals surface area contributed by atoms with Gasteiger partial charge in [-0.15, -0.1) is 0 Å². The molecule has 4 nitrogen and oxygen atoms in total. The van der Waals surface area contributed by atoms with Crippen LogP contribution in [-0.4, -0.2) is 32.2 Å². The summed E-state index contributed by atoms with van der Waals surface area (Å²) in [6.07, 6.45) is -1.78. The summed E-state index contributed by atoms with van der Waals surface area (Å²) >= 11 is 0. The van der Waals surface area contributed by atoms with Gasteiger partial charge in [-0.25, -0.2) is 0 Å². The summed E-state index contributed by atoms with van der Waals surface area (Å²) < 4.78 is 46.3. The molecule has 1 aliphatic heterocycles. The van der Waals surface area contributed by atoms with E-state index < -0.39 is 17.6 Å². The van der Waals surface area contributed by atoms with E-state index in [1.807, 2.05) is 59.5 Å². The second-order valence-electron chi connectivity index (χ2n) is 7.64. The number of nitrogens with one attached hydrogen (secondary N) is 1. The molecule has 0 saturated carbocycles. The third-order valence-electron chi connectivity index (χ3n) is 5.36. The Morgan fingerprint density at radius 3 is 2.36 bits per heavy atom. The molecule has 0 unspecified atom stereocenters. The SMILES string of the molecule is O=C(/C=C/c1cccc(-c2ccccc2)c1)Nc1ccc(N2CCOCC2)cc1C(F)(F)F. The van der Waals surface area contributed by atoms with E-state index in [1.54, 1.807) is 12.1 Å². The molecular weight excluding hydrogens is 429 g/mol. The van der Waals surface area contributed by atoms with Gasteiger partial charge in [-0.1, -0.05) is 48.5 Å². The van der Waals surface area contributed by atoms with Crippen LogP contribution in [0.15, 0.2) is 78.9 Å². The monoisotopic (exact) mass is 452 g/mol. The number of nitrogens with zero attached hydrogens (tertiary/aromatic N) is 1. The number of anilines is 2. The number of carbonyl (C=O) groups excluding carboxylic acids is 1. The number of ether oxygens (including phenoxy) is 1. The number of morpholine rings is 1. The summed E-state index contributed by atoms with van der Waals surface area (Å²) in [7, 11) is 0. The number of hydrogen-bond donors (Lipinski definition) is 1. The lowest BCUT2D eigenvalue weighted by atomic mass is 10.0. The van der Waals surface area contributed by atoms with Crippen molar-refractivity contribution in [2.45, 2.75) is 6.18 Å². The largest absolute Gasteiger partial charge is 0.418 e. The highest BCUT2D eigenvalue weighted by molar-refractivity contribution is 6.02. The maximum absolute atomic E-state index is 13.7. The van der Waals surface area contributed by atoms with Gasteiger partial charge in [-0.05, 0) is 47.0 Å². The number of halogens is 3. The van der Waals surface area contributed by atoms with E-state index in [1.165, 1.54) is 12.1 Å². The Kier molecular flexibility index (Phi) is 6.79. The zero-order valence-electron chi connectivity index (χ0n) is 17.8. The molecular formula is C26H23F3N2O2. The van der Waals surface area contributed by atoms with Crippen molar-refractivity contribution in [2.75, 3.05) is 36.5 Å². The first-order chi connectivity index (χ1) is 15.9. The second-order valence-corrected chi connectivity index (χ2v) is 7.64. The van der Waals surface area contributed by atoms with Gasteiger partial charge in [0.05, 0.1) is 24.5 Å². The maximum atomic E-state index is 13.7. The van der Waals surface area contributed by atoms with Crippen LogP contribution in [-0.2, 0) is 15.7 Å². The Morgan fingerprint density at radius 2 is 1.64 bits per heavy atom. The molecule has 0 bridgehead atoms. The summed E-state index contributed by atoms with van der Waals surface area (Å²) in [5.74, 6) is -0.635. The van der Waals surface area contributed by atoms with E-state index in [2.05, 4.69) is 5.32 Å². The molecule has 7 heteroatoms. The molecule has 3 aromatic carbocycles. The predicted molar refractivity (Wildman–Crippen MR) is 124 cm³/mol. The van der Waals surface area contributed by atoms with E-state index in [4.69, 9.17) is 4.74 Å². The molecule has 0 aliphatic carbocycles. The number of hydrogen-bond acceptors (Lipinski definition) is 3. The van der Waals surface area contributed by atoms with Crippen LogP contribution in [0.25, 0.3) is 17.2 Å². The summed E-state index contributed by atoms with van der Waals surface area (Å²) in [4.78, 5) is 14.3. The van der Waals surface area contributed by atoms with Gasteiger partial charge in [0.25, 0.3) is 0 Å². The summed E-state index contributed by atoms with van der Waals surface area (Å²) in [5.41, 5.74) is 2.09. The zero-order valence-corrected chi connectivity index (χ0v) is 17.8. The molecule has 3 aromatic rings. The van der Waals surface area contributed by atoms with Crippen LogP contribution < -0.4 is 10.2 Å². The van der Waals surface area contributed by atoms with E-state index >= 15 is 0 Å². The summed E-state index contributed by atoms with van der Waals surface area (Å²) in [6, 6.07) is 21.3. The van der Waals surface area contributed by atoms with Crippen LogP contribution in [0.3, 0.4) is 0 Å². The molecule has 0 aromatic heterocycles. The number of rotatable bonds is 5. The molecule has 1 aliphatic rings. The van der Waals surface area contributed by atoms with E-state index in [9.17, 15) is 18.0 Å². The van der Waals surface area contributed by atoms with Gasteiger partial charge in [0.2, 0.25) is 5.91 Å². The second kappa shape index (κ2) is 9.92. The van der Waals surface area contributed by atoms with Crippen LogP contribution in [0.2, 0.25) is 0 Å². The average molecular weight is 452 g/mol. The van der Waals surface area contributed by atoms with Gasteiger partial charge < -0.3 is 15.0 Å². The third-order valence-corrected chi connectivity index (χ3v) is 5.36. The Bertz CT molecular complexity index is 1140. The molecule has 170 valence electrons. The van der Waals surface area contributed by atoms with E-state index in [0.717, 1.165) is 22.8 Å². The molecule has 0 radical (unpaired) electrons.